The average molecular weight is 554 g/mol. The lowest BCUT2D eigenvalue weighted by Gasteiger charge is -2.31. The van der Waals surface area contributed by atoms with Crippen molar-refractivity contribution < 1.29 is 32.2 Å². The van der Waals surface area contributed by atoms with Gasteiger partial charge in [0, 0.05) is 37.3 Å². The summed E-state index contributed by atoms with van der Waals surface area (Å²) in [6.07, 6.45) is 1.96. The van der Waals surface area contributed by atoms with Crippen LogP contribution in [0.25, 0.3) is 16.8 Å². The van der Waals surface area contributed by atoms with Gasteiger partial charge in [-0.15, -0.1) is 0 Å². The van der Waals surface area contributed by atoms with Gasteiger partial charge in [0.05, 0.1) is 49.8 Å². The largest absolute Gasteiger partial charge is 0.493 e. The van der Waals surface area contributed by atoms with Crippen molar-refractivity contribution in [2.24, 2.45) is 0 Å². The van der Waals surface area contributed by atoms with E-state index in [0.717, 1.165) is 12.7 Å². The summed E-state index contributed by atoms with van der Waals surface area (Å²) in [5.41, 5.74) is 0.987. The molecule has 2 aromatic heterocycles. The highest BCUT2D eigenvalue weighted by molar-refractivity contribution is 6.00. The normalized spacial score (nSPS) is 16.9. The van der Waals surface area contributed by atoms with Crippen LogP contribution in [0.5, 0.6) is 11.5 Å². The van der Waals surface area contributed by atoms with Crippen molar-refractivity contribution in [1.29, 1.82) is 0 Å². The molecule has 0 saturated carbocycles. The quantitative estimate of drug-likeness (QED) is 0.396. The van der Waals surface area contributed by atoms with Gasteiger partial charge in [-0.05, 0) is 13.0 Å². The van der Waals surface area contributed by atoms with E-state index >= 15 is 8.78 Å². The van der Waals surface area contributed by atoms with Crippen LogP contribution in [0, 0.1) is 24.4 Å². The minimum Gasteiger partial charge on any atom is -0.493 e. The zero-order valence-electron chi connectivity index (χ0n) is 21.8. The lowest BCUT2D eigenvalue weighted by Crippen LogP contribution is -2.40. The third kappa shape index (κ3) is 4.28. The Kier molecular flexibility index (Phi) is 6.70. The Morgan fingerprint density at radius 1 is 1.10 bits per heavy atom. The number of nitrogens with one attached hydrogen (secondary N) is 1. The van der Waals surface area contributed by atoms with Crippen LogP contribution in [-0.4, -0.2) is 60.5 Å². The van der Waals surface area contributed by atoms with Gasteiger partial charge < -0.3 is 24.4 Å². The van der Waals surface area contributed by atoms with Crippen molar-refractivity contribution in [3.63, 3.8) is 0 Å². The van der Waals surface area contributed by atoms with Crippen LogP contribution in [0.1, 0.15) is 34.1 Å². The third-order valence-electron chi connectivity index (χ3n) is 7.19. The fourth-order valence-electron chi connectivity index (χ4n) is 5.33. The smallest absolute Gasteiger partial charge is 0.257 e. The van der Waals surface area contributed by atoms with Gasteiger partial charge in [-0.25, -0.2) is 18.2 Å². The first-order valence-corrected chi connectivity index (χ1v) is 12.8. The number of carbonyl (C=O) groups excluding carboxylic acids is 1. The minimum atomic E-state index is -1.20. The number of para-hydroxylation sites is 1. The summed E-state index contributed by atoms with van der Waals surface area (Å²) in [6, 6.07) is 7.81. The fourth-order valence-corrected chi connectivity index (χ4v) is 5.33. The average Bonchev–Trinajstić information content (AvgIpc) is 3.28. The fraction of sp³-hybridized carbons (Fsp3) is 0.321. The maximum absolute atomic E-state index is 15.3. The predicted molar refractivity (Wildman–Crippen MR) is 139 cm³/mol. The number of anilines is 1. The molecule has 4 heterocycles. The van der Waals surface area contributed by atoms with E-state index in [4.69, 9.17) is 14.2 Å². The van der Waals surface area contributed by atoms with Gasteiger partial charge in [-0.1, -0.05) is 18.2 Å². The topological polar surface area (TPSA) is 90.2 Å². The molecular weight excluding hydrogens is 527 g/mol. The predicted octanol–water partition coefficient (Wildman–Crippen LogP) is 4.22. The molecule has 40 heavy (non-hydrogen) atoms. The van der Waals surface area contributed by atoms with Crippen molar-refractivity contribution in [2.75, 3.05) is 44.9 Å². The number of halogens is 3. The number of nitrogens with zero attached hydrogens (tertiary/aromatic N) is 4. The number of hydrogen-bond acceptors (Lipinski definition) is 7. The monoisotopic (exact) mass is 553 g/mol. The van der Waals surface area contributed by atoms with E-state index in [-0.39, 0.29) is 34.4 Å². The lowest BCUT2D eigenvalue weighted by molar-refractivity contribution is 0.0922. The summed E-state index contributed by atoms with van der Waals surface area (Å²) >= 11 is 0. The number of carbonyl (C=O) groups is 1. The highest BCUT2D eigenvalue weighted by Crippen LogP contribution is 2.39. The van der Waals surface area contributed by atoms with Crippen LogP contribution in [0.4, 0.5) is 19.0 Å². The number of morpholine rings is 1. The highest BCUT2D eigenvalue weighted by Gasteiger charge is 2.31. The molecule has 1 fully saturated rings. The standard InChI is InChI=1S/C28H26F3N5O4/c1-15-22(23-18(29)13-19(30)25(38-2)24(23)31)26-32-14-17(28(36(26)34-15)35-8-11-39-12-9-35)27(37)33-20-7-10-40-21-6-4-3-5-16(20)21/h3-6,13-14,20H,7-12H2,1-2H3,(H,33,37)/t20-/m0/s1. The summed E-state index contributed by atoms with van der Waals surface area (Å²) in [5.74, 6) is -3.45. The molecule has 12 heteroatoms. The van der Waals surface area contributed by atoms with Gasteiger partial charge >= 0.3 is 0 Å². The van der Waals surface area contributed by atoms with E-state index in [0.29, 0.717) is 57.0 Å². The molecule has 1 N–H and O–H groups in total. The van der Waals surface area contributed by atoms with Gasteiger partial charge in [-0.3, -0.25) is 4.79 Å². The van der Waals surface area contributed by atoms with Crippen LogP contribution in [0.3, 0.4) is 0 Å². The maximum atomic E-state index is 15.3. The summed E-state index contributed by atoms with van der Waals surface area (Å²) in [7, 11) is 1.10. The second-order valence-electron chi connectivity index (χ2n) is 9.55. The van der Waals surface area contributed by atoms with Crippen LogP contribution in [-0.2, 0) is 4.74 Å². The van der Waals surface area contributed by atoms with E-state index in [9.17, 15) is 9.18 Å². The number of hydrogen-bond donors (Lipinski definition) is 1. The van der Waals surface area contributed by atoms with Crippen molar-refractivity contribution in [2.45, 2.75) is 19.4 Å². The summed E-state index contributed by atoms with van der Waals surface area (Å²) in [6.45, 7) is 3.78. The molecule has 4 aromatic rings. The molecular formula is C28H26F3N5O4. The van der Waals surface area contributed by atoms with Crippen molar-refractivity contribution in [3.8, 4) is 22.6 Å². The maximum Gasteiger partial charge on any atom is 0.257 e. The van der Waals surface area contributed by atoms with E-state index in [1.165, 1.54) is 10.7 Å². The Bertz CT molecular complexity index is 1620. The molecule has 1 atom stereocenters. The number of amides is 1. The Labute approximate surface area is 227 Å². The minimum absolute atomic E-state index is 0.0353. The Morgan fingerprint density at radius 3 is 2.65 bits per heavy atom. The number of rotatable bonds is 5. The number of ether oxygens (including phenoxy) is 3. The van der Waals surface area contributed by atoms with Crippen molar-refractivity contribution >= 4 is 17.4 Å². The highest BCUT2D eigenvalue weighted by atomic mass is 19.1. The molecule has 2 aliphatic rings. The molecule has 1 saturated heterocycles. The number of methoxy groups -OCH3 is 1. The van der Waals surface area contributed by atoms with Gasteiger partial charge in [-0.2, -0.15) is 9.61 Å². The van der Waals surface area contributed by atoms with Gasteiger partial charge in [0.15, 0.2) is 23.0 Å². The first kappa shape index (κ1) is 25.9. The van der Waals surface area contributed by atoms with E-state index in [2.05, 4.69) is 15.4 Å². The van der Waals surface area contributed by atoms with E-state index < -0.39 is 28.8 Å². The Balaban J connectivity index is 1.49. The molecule has 1 amide bonds. The van der Waals surface area contributed by atoms with E-state index in [1.807, 2.05) is 29.2 Å². The Hall–Kier alpha value is -4.32. The summed E-state index contributed by atoms with van der Waals surface area (Å²) < 4.78 is 62.0. The second kappa shape index (κ2) is 10.3. The number of aromatic nitrogens is 3. The number of aryl methyl sites for hydroxylation is 1. The molecule has 0 aliphatic carbocycles. The second-order valence-corrected chi connectivity index (χ2v) is 9.55. The molecule has 0 spiro atoms. The van der Waals surface area contributed by atoms with Crippen LogP contribution < -0.4 is 19.7 Å². The van der Waals surface area contributed by atoms with Gasteiger partial charge in [0.25, 0.3) is 5.91 Å². The molecule has 2 aromatic carbocycles. The van der Waals surface area contributed by atoms with Crippen LogP contribution in [0.2, 0.25) is 0 Å². The van der Waals surface area contributed by atoms with Crippen LogP contribution >= 0.6 is 0 Å². The molecule has 2 aliphatic heterocycles. The number of benzene rings is 2. The lowest BCUT2D eigenvalue weighted by atomic mass is 10.00. The van der Waals surface area contributed by atoms with Crippen molar-refractivity contribution in [1.82, 2.24) is 19.9 Å². The number of fused-ring (bicyclic) bond motifs is 2. The zero-order valence-corrected chi connectivity index (χ0v) is 21.8. The third-order valence-corrected chi connectivity index (χ3v) is 7.19. The first-order valence-electron chi connectivity index (χ1n) is 12.8. The SMILES string of the molecule is COc1c(F)cc(F)c(-c2c(C)nn3c(N4CCOCC4)c(C(=O)N[C@H]4CCOc5ccccc54)cnc23)c1F. The molecule has 6 rings (SSSR count). The van der Waals surface area contributed by atoms with E-state index in [1.54, 1.807) is 6.92 Å². The van der Waals surface area contributed by atoms with Gasteiger partial charge in [0.1, 0.15) is 22.9 Å². The van der Waals surface area contributed by atoms with Crippen LogP contribution in [0.15, 0.2) is 36.5 Å². The summed E-state index contributed by atoms with van der Waals surface area (Å²) in [4.78, 5) is 20.1. The molecule has 0 unspecified atom stereocenters. The molecule has 0 bridgehead atoms. The van der Waals surface area contributed by atoms with Crippen molar-refractivity contribution in [3.05, 3.63) is 70.8 Å². The van der Waals surface area contributed by atoms with Gasteiger partial charge in [0.2, 0.25) is 0 Å². The summed E-state index contributed by atoms with van der Waals surface area (Å²) in [5, 5.41) is 7.65. The molecule has 208 valence electrons. The Morgan fingerprint density at radius 2 is 1.88 bits per heavy atom. The molecule has 9 nitrogen and oxygen atoms in total. The first-order chi connectivity index (χ1) is 19.4. The molecule has 0 radical (unpaired) electrons. The zero-order chi connectivity index (χ0) is 28.0.